The number of hydrogen-bond acceptors (Lipinski definition) is 4. The summed E-state index contributed by atoms with van der Waals surface area (Å²) in [5.74, 6) is 1.79. The van der Waals surface area contributed by atoms with Crippen LogP contribution < -0.4 is 20.7 Å². The molecule has 14 aromatic rings. The summed E-state index contributed by atoms with van der Waals surface area (Å²) < 4.78 is 6.62. The highest BCUT2D eigenvalue weighted by molar-refractivity contribution is 7.19. The van der Waals surface area contributed by atoms with Gasteiger partial charge in [0.2, 0.25) is 0 Å². The van der Waals surface area contributed by atoms with E-state index in [1.54, 1.807) is 0 Å². The number of rotatable bonds is 9. The van der Waals surface area contributed by atoms with E-state index >= 15 is 0 Å². The molecule has 2 heterocycles. The van der Waals surface area contributed by atoms with Crippen LogP contribution in [0.2, 0.25) is 0 Å². The zero-order valence-electron chi connectivity index (χ0n) is 40.2. The van der Waals surface area contributed by atoms with Crippen molar-refractivity contribution < 1.29 is 4.42 Å². The molecule has 0 saturated carbocycles. The first-order chi connectivity index (χ1) is 36.7. The summed E-state index contributed by atoms with van der Waals surface area (Å²) in [6, 6.07) is 98.1. The van der Waals surface area contributed by atoms with Gasteiger partial charge < -0.3 is 4.42 Å². The van der Waals surface area contributed by atoms with Crippen LogP contribution in [0.3, 0.4) is 0 Å². The number of aromatic nitrogens is 3. The van der Waals surface area contributed by atoms with Crippen molar-refractivity contribution in [3.05, 3.63) is 273 Å². The van der Waals surface area contributed by atoms with E-state index < -0.39 is 8.07 Å². The van der Waals surface area contributed by atoms with Crippen LogP contribution >= 0.6 is 0 Å². The van der Waals surface area contributed by atoms with Gasteiger partial charge in [-0.2, -0.15) is 0 Å². The molecule has 12 aromatic carbocycles. The van der Waals surface area contributed by atoms with E-state index in [4.69, 9.17) is 19.4 Å². The number of nitrogens with zero attached hydrogens (tertiary/aromatic N) is 3. The van der Waals surface area contributed by atoms with E-state index in [9.17, 15) is 0 Å². The molecule has 0 aliphatic carbocycles. The quantitative estimate of drug-likeness (QED) is 0.0822. The number of fused-ring (bicyclic) bond motifs is 9. The number of furan rings is 1. The van der Waals surface area contributed by atoms with Crippen LogP contribution in [-0.2, 0) is 0 Å². The van der Waals surface area contributed by atoms with Crippen molar-refractivity contribution in [2.45, 2.75) is 0 Å². The molecule has 0 aliphatic rings. The molecule has 0 atom stereocenters. The lowest BCUT2D eigenvalue weighted by molar-refractivity contribution is 0.669. The molecule has 346 valence electrons. The van der Waals surface area contributed by atoms with Gasteiger partial charge in [-0.25, -0.2) is 15.0 Å². The third-order valence-electron chi connectivity index (χ3n) is 14.9. The average molecular weight is 960 g/mol. The lowest BCUT2D eigenvalue weighted by atomic mass is 9.91. The number of benzene rings is 12. The molecule has 4 nitrogen and oxygen atoms in total. The second kappa shape index (κ2) is 17.9. The molecule has 0 N–H and O–H groups in total. The Morgan fingerprint density at radius 1 is 0.216 bits per heavy atom. The minimum atomic E-state index is -2.72. The zero-order chi connectivity index (χ0) is 49.0. The molecule has 2 aromatic heterocycles. The van der Waals surface area contributed by atoms with Crippen LogP contribution in [0.15, 0.2) is 277 Å². The smallest absolute Gasteiger partial charge is 0.179 e. The predicted molar refractivity (Wildman–Crippen MR) is 310 cm³/mol. The maximum atomic E-state index is 6.62. The van der Waals surface area contributed by atoms with Gasteiger partial charge in [-0.15, -0.1) is 0 Å². The molecule has 0 unspecified atom stereocenters. The molecule has 0 aliphatic heterocycles. The molecule has 0 bridgehead atoms. The zero-order valence-corrected chi connectivity index (χ0v) is 41.2. The third kappa shape index (κ3) is 7.32. The average Bonchev–Trinajstić information content (AvgIpc) is 3.86. The van der Waals surface area contributed by atoms with Crippen molar-refractivity contribution in [1.29, 1.82) is 0 Å². The number of hydrogen-bond donors (Lipinski definition) is 0. The Balaban J connectivity index is 0.831. The molecule has 74 heavy (non-hydrogen) atoms. The van der Waals surface area contributed by atoms with Gasteiger partial charge in [0, 0.05) is 27.5 Å². The first-order valence-electron chi connectivity index (χ1n) is 25.2. The predicted octanol–water partition coefficient (Wildman–Crippen LogP) is 14.9. The normalized spacial score (nSPS) is 11.8. The van der Waals surface area contributed by atoms with Gasteiger partial charge in [0.25, 0.3) is 0 Å². The van der Waals surface area contributed by atoms with Gasteiger partial charge in [0.15, 0.2) is 25.5 Å². The van der Waals surface area contributed by atoms with Crippen molar-refractivity contribution in [2.75, 3.05) is 0 Å². The Kier molecular flexibility index (Phi) is 10.5. The fourth-order valence-electron chi connectivity index (χ4n) is 11.3. The molecule has 0 amide bonds. The van der Waals surface area contributed by atoms with Crippen molar-refractivity contribution in [2.24, 2.45) is 0 Å². The van der Waals surface area contributed by atoms with E-state index in [-0.39, 0.29) is 0 Å². The summed E-state index contributed by atoms with van der Waals surface area (Å²) in [5.41, 5.74) is 8.91. The van der Waals surface area contributed by atoms with Crippen molar-refractivity contribution >= 4 is 83.1 Å². The minimum Gasteiger partial charge on any atom is -0.456 e. The molecular weight excluding hydrogens is 915 g/mol. The lowest BCUT2D eigenvalue weighted by Crippen LogP contribution is -2.74. The molecular formula is C69H45N3OSi. The Hall–Kier alpha value is -9.55. The van der Waals surface area contributed by atoms with E-state index in [1.165, 1.54) is 64.2 Å². The SMILES string of the molecule is c1ccc(-c2nc(-c3ccc([Si](c4ccccc4)(c4ccccc4)c4ccccc4)cc3)nc(-c3ccc4c(c3)oc3ccc(-c5cccc(-c6ccc7c8ccccc8c8ccccc8c7c6)c5)cc34)n2)cc1. The largest absolute Gasteiger partial charge is 0.456 e. The first-order valence-corrected chi connectivity index (χ1v) is 27.2. The van der Waals surface area contributed by atoms with Gasteiger partial charge in [-0.1, -0.05) is 237 Å². The van der Waals surface area contributed by atoms with E-state index in [1.807, 2.05) is 30.3 Å². The first kappa shape index (κ1) is 43.3. The van der Waals surface area contributed by atoms with Crippen LogP contribution in [0.5, 0.6) is 0 Å². The van der Waals surface area contributed by atoms with Gasteiger partial charge in [0.05, 0.1) is 0 Å². The maximum Gasteiger partial charge on any atom is 0.179 e. The fraction of sp³-hybridized carbons (Fsp3) is 0. The fourth-order valence-corrected chi connectivity index (χ4v) is 16.1. The molecule has 14 rings (SSSR count). The highest BCUT2D eigenvalue weighted by Crippen LogP contribution is 2.39. The summed E-state index contributed by atoms with van der Waals surface area (Å²) in [5, 5.41) is 15.0. The highest BCUT2D eigenvalue weighted by Gasteiger charge is 2.41. The second-order valence-corrected chi connectivity index (χ2v) is 22.9. The standard InChI is InChI=1S/C69H45N3OSi/c1-5-18-46(19-6-1)67-70-68(47-32-37-56(38-33-47)74(53-22-7-2-8-23-53,54-24-9-3-10-25-54)55-26-11-4-12-27-55)72-69(71-67)52-35-40-62-64-44-51(36-41-65(64)73-66(62)45-52)49-21-17-20-48(42-49)50-34-39-61-59-30-14-13-28-57(59)58-29-15-16-31-60(58)63(61)43-50/h1-45H. The summed E-state index contributed by atoms with van der Waals surface area (Å²) in [7, 11) is -2.72. The van der Waals surface area contributed by atoms with E-state index in [0.717, 1.165) is 49.8 Å². The van der Waals surface area contributed by atoms with Gasteiger partial charge in [0.1, 0.15) is 11.2 Å². The summed E-state index contributed by atoms with van der Waals surface area (Å²) in [6.07, 6.45) is 0. The molecule has 0 spiro atoms. The second-order valence-electron chi connectivity index (χ2n) is 19.1. The van der Waals surface area contributed by atoms with Crippen LogP contribution in [-0.4, -0.2) is 23.0 Å². The Labute approximate surface area is 429 Å². The van der Waals surface area contributed by atoms with Crippen LogP contribution in [0.4, 0.5) is 0 Å². The van der Waals surface area contributed by atoms with Crippen LogP contribution in [0, 0.1) is 0 Å². The van der Waals surface area contributed by atoms with Crippen molar-refractivity contribution in [3.8, 4) is 56.4 Å². The molecule has 0 saturated heterocycles. The third-order valence-corrected chi connectivity index (χ3v) is 19.7. The maximum absolute atomic E-state index is 6.62. The molecule has 5 heteroatoms. The van der Waals surface area contributed by atoms with E-state index in [2.05, 4.69) is 243 Å². The van der Waals surface area contributed by atoms with Gasteiger partial charge >= 0.3 is 0 Å². The highest BCUT2D eigenvalue weighted by atomic mass is 28.3. The monoisotopic (exact) mass is 959 g/mol. The van der Waals surface area contributed by atoms with Gasteiger partial charge in [-0.3, -0.25) is 0 Å². The van der Waals surface area contributed by atoms with Crippen molar-refractivity contribution in [1.82, 2.24) is 15.0 Å². The topological polar surface area (TPSA) is 51.8 Å². The summed E-state index contributed by atoms with van der Waals surface area (Å²) in [6.45, 7) is 0. The Bertz CT molecular complexity index is 4270. The minimum absolute atomic E-state index is 0.578. The van der Waals surface area contributed by atoms with E-state index in [0.29, 0.717) is 17.5 Å². The van der Waals surface area contributed by atoms with Gasteiger partial charge in [-0.05, 0) is 112 Å². The molecule has 0 fully saturated rings. The van der Waals surface area contributed by atoms with Crippen LogP contribution in [0.1, 0.15) is 0 Å². The Morgan fingerprint density at radius 2 is 0.581 bits per heavy atom. The molecule has 0 radical (unpaired) electrons. The van der Waals surface area contributed by atoms with Crippen LogP contribution in [0.25, 0.3) is 111 Å². The lowest BCUT2D eigenvalue weighted by Gasteiger charge is -2.34. The Morgan fingerprint density at radius 3 is 1.14 bits per heavy atom. The summed E-state index contributed by atoms with van der Waals surface area (Å²) >= 11 is 0. The van der Waals surface area contributed by atoms with Crippen molar-refractivity contribution in [3.63, 3.8) is 0 Å². The summed E-state index contributed by atoms with van der Waals surface area (Å²) in [4.78, 5) is 15.4.